The largest absolute Gasteiger partial charge is 0.466 e. The van der Waals surface area contributed by atoms with Gasteiger partial charge in [0.05, 0.1) is 18.6 Å². The Kier molecular flexibility index (Phi) is 37.3. The molecule has 0 aliphatic heterocycles. The normalized spacial score (nSPS) is 11.9. The lowest BCUT2D eigenvalue weighted by molar-refractivity contribution is -0.161. The summed E-state index contributed by atoms with van der Waals surface area (Å²) in [5.41, 5.74) is -0.437. The van der Waals surface area contributed by atoms with E-state index in [1.54, 1.807) is 0 Å². The Morgan fingerprint density at radius 2 is 0.962 bits per heavy atom. The van der Waals surface area contributed by atoms with Gasteiger partial charge < -0.3 is 19.5 Å². The molecule has 0 amide bonds. The Labute approximate surface area is 324 Å². The molecule has 0 unspecified atom stereocenters. The van der Waals surface area contributed by atoms with Gasteiger partial charge in [-0.2, -0.15) is 0 Å². The highest BCUT2D eigenvalue weighted by Gasteiger charge is 2.30. The molecule has 0 spiro atoms. The Hall–Kier alpha value is -1.14. The predicted octanol–water partition coefficient (Wildman–Crippen LogP) is 13.3. The molecule has 0 aromatic carbocycles. The van der Waals surface area contributed by atoms with Crippen molar-refractivity contribution in [1.82, 2.24) is 4.90 Å². The van der Waals surface area contributed by atoms with Gasteiger partial charge in [-0.1, -0.05) is 162 Å². The van der Waals surface area contributed by atoms with Crippen molar-refractivity contribution in [2.24, 2.45) is 5.41 Å². The molecule has 0 heterocycles. The first-order chi connectivity index (χ1) is 25.3. The number of ether oxygens (including phenoxy) is 2. The van der Waals surface area contributed by atoms with Gasteiger partial charge in [-0.3, -0.25) is 9.59 Å². The highest BCUT2D eigenvalue weighted by atomic mass is 16.5. The molecule has 0 aliphatic rings. The Balaban J connectivity index is 4.19. The van der Waals surface area contributed by atoms with E-state index >= 15 is 0 Å². The quantitative estimate of drug-likeness (QED) is 0.0497. The fraction of sp³-hybridized carbons (Fsp3) is 0.957. The van der Waals surface area contributed by atoms with E-state index in [-0.39, 0.29) is 24.6 Å². The van der Waals surface area contributed by atoms with Crippen LogP contribution in [0.5, 0.6) is 0 Å². The molecule has 52 heavy (non-hydrogen) atoms. The Morgan fingerprint density at radius 3 is 1.46 bits per heavy atom. The van der Waals surface area contributed by atoms with Crippen molar-refractivity contribution in [3.8, 4) is 0 Å². The zero-order valence-electron chi connectivity index (χ0n) is 35.8. The SMILES string of the molecule is CCCCCCCCCCOC(=O)CCCCCCN(CCO)CCCCCCC(C)(C)C(=O)OC(CCCCCCCC)CCCCCCCC. The van der Waals surface area contributed by atoms with Crippen molar-refractivity contribution in [2.45, 2.75) is 246 Å². The van der Waals surface area contributed by atoms with E-state index < -0.39 is 5.41 Å². The van der Waals surface area contributed by atoms with E-state index in [0.29, 0.717) is 13.0 Å². The van der Waals surface area contributed by atoms with E-state index in [1.807, 2.05) is 0 Å². The van der Waals surface area contributed by atoms with Crippen LogP contribution in [0.15, 0.2) is 0 Å². The molecule has 1 N–H and O–H groups in total. The average molecular weight is 738 g/mol. The molecule has 0 fully saturated rings. The summed E-state index contributed by atoms with van der Waals surface area (Å²) < 4.78 is 11.7. The van der Waals surface area contributed by atoms with E-state index in [9.17, 15) is 14.7 Å². The standard InChI is InChI=1S/C46H91NO5/c1-6-9-12-15-18-19-26-33-42-51-44(49)36-29-22-24-31-38-47(40-41-48)39-32-25-23-30-37-46(4,5)45(50)52-43(34-27-20-16-13-10-7-2)35-28-21-17-14-11-8-3/h43,48H,6-42H2,1-5H3. The third kappa shape index (κ3) is 33.4. The molecular weight excluding hydrogens is 647 g/mol. The lowest BCUT2D eigenvalue weighted by Crippen LogP contribution is -2.31. The summed E-state index contributed by atoms with van der Waals surface area (Å²) in [7, 11) is 0. The van der Waals surface area contributed by atoms with Gasteiger partial charge in [-0.15, -0.1) is 0 Å². The highest BCUT2D eigenvalue weighted by molar-refractivity contribution is 5.76. The molecule has 0 aliphatic carbocycles. The molecule has 6 heteroatoms. The van der Waals surface area contributed by atoms with Gasteiger partial charge in [-0.05, 0) is 84.7 Å². The molecular formula is C46H91NO5. The highest BCUT2D eigenvalue weighted by Crippen LogP contribution is 2.28. The van der Waals surface area contributed by atoms with Gasteiger partial charge >= 0.3 is 11.9 Å². The average Bonchev–Trinajstić information content (AvgIpc) is 3.12. The lowest BCUT2D eigenvalue weighted by Gasteiger charge is -2.27. The molecule has 0 saturated carbocycles. The minimum Gasteiger partial charge on any atom is -0.466 e. The van der Waals surface area contributed by atoms with E-state index in [0.717, 1.165) is 103 Å². The zero-order valence-corrected chi connectivity index (χ0v) is 35.8. The molecule has 0 aromatic heterocycles. The predicted molar refractivity (Wildman–Crippen MR) is 223 cm³/mol. The number of aliphatic hydroxyl groups excluding tert-OH is 1. The molecule has 6 nitrogen and oxygen atoms in total. The summed E-state index contributed by atoms with van der Waals surface area (Å²) in [5, 5.41) is 9.59. The van der Waals surface area contributed by atoms with Gasteiger partial charge in [0.1, 0.15) is 6.10 Å². The molecule has 310 valence electrons. The second-order valence-electron chi connectivity index (χ2n) is 16.6. The van der Waals surface area contributed by atoms with Crippen molar-refractivity contribution < 1.29 is 24.2 Å². The van der Waals surface area contributed by atoms with Crippen LogP contribution in [-0.4, -0.2) is 60.9 Å². The number of hydrogen-bond donors (Lipinski definition) is 1. The number of carbonyl (C=O) groups is 2. The fourth-order valence-corrected chi connectivity index (χ4v) is 7.16. The number of rotatable bonds is 41. The summed E-state index contributed by atoms with van der Waals surface area (Å²) >= 11 is 0. The maximum absolute atomic E-state index is 13.3. The minimum atomic E-state index is -0.437. The third-order valence-electron chi connectivity index (χ3n) is 10.9. The van der Waals surface area contributed by atoms with Crippen LogP contribution >= 0.6 is 0 Å². The van der Waals surface area contributed by atoms with Crippen LogP contribution in [0.4, 0.5) is 0 Å². The summed E-state index contributed by atoms with van der Waals surface area (Å²) in [6.45, 7) is 14.4. The van der Waals surface area contributed by atoms with Crippen LogP contribution in [0.3, 0.4) is 0 Å². The van der Waals surface area contributed by atoms with Crippen LogP contribution in [0, 0.1) is 5.41 Å². The van der Waals surface area contributed by atoms with Crippen LogP contribution in [0.1, 0.15) is 240 Å². The second kappa shape index (κ2) is 38.1. The molecule has 0 atom stereocenters. The number of unbranched alkanes of at least 4 members (excludes halogenated alkanes) is 23. The smallest absolute Gasteiger partial charge is 0.311 e. The van der Waals surface area contributed by atoms with Gasteiger partial charge in [-0.25, -0.2) is 0 Å². The zero-order chi connectivity index (χ0) is 38.4. The van der Waals surface area contributed by atoms with Crippen molar-refractivity contribution in [3.05, 3.63) is 0 Å². The van der Waals surface area contributed by atoms with Gasteiger partial charge in [0.15, 0.2) is 0 Å². The Bertz CT molecular complexity index is 756. The van der Waals surface area contributed by atoms with Gasteiger partial charge in [0, 0.05) is 13.0 Å². The van der Waals surface area contributed by atoms with Crippen molar-refractivity contribution >= 4 is 11.9 Å². The van der Waals surface area contributed by atoms with Gasteiger partial charge in [0.25, 0.3) is 0 Å². The first kappa shape index (κ1) is 50.9. The van der Waals surface area contributed by atoms with Crippen LogP contribution in [-0.2, 0) is 19.1 Å². The van der Waals surface area contributed by atoms with E-state index in [4.69, 9.17) is 9.47 Å². The maximum atomic E-state index is 13.3. The fourth-order valence-electron chi connectivity index (χ4n) is 7.16. The number of nitrogens with zero attached hydrogens (tertiary/aromatic N) is 1. The summed E-state index contributed by atoms with van der Waals surface area (Å²) in [6.07, 6.45) is 37.4. The number of aliphatic hydroxyl groups is 1. The van der Waals surface area contributed by atoms with Crippen LogP contribution in [0.2, 0.25) is 0 Å². The molecule has 0 rings (SSSR count). The molecule has 0 saturated heterocycles. The van der Waals surface area contributed by atoms with Gasteiger partial charge in [0.2, 0.25) is 0 Å². The lowest BCUT2D eigenvalue weighted by atomic mass is 9.86. The number of esters is 2. The maximum Gasteiger partial charge on any atom is 0.311 e. The second-order valence-corrected chi connectivity index (χ2v) is 16.6. The summed E-state index contributed by atoms with van der Waals surface area (Å²) in [5.74, 6) is -0.0411. The number of hydrogen-bond acceptors (Lipinski definition) is 6. The van der Waals surface area contributed by atoms with Crippen molar-refractivity contribution in [1.29, 1.82) is 0 Å². The Morgan fingerprint density at radius 1 is 0.538 bits per heavy atom. The van der Waals surface area contributed by atoms with Crippen molar-refractivity contribution in [3.63, 3.8) is 0 Å². The number of carbonyl (C=O) groups excluding carboxylic acids is 2. The molecule has 0 radical (unpaired) electrons. The molecule has 0 bridgehead atoms. The van der Waals surface area contributed by atoms with E-state index in [2.05, 4.69) is 39.5 Å². The minimum absolute atomic E-state index is 0.000665. The first-order valence-corrected chi connectivity index (χ1v) is 23.0. The van der Waals surface area contributed by atoms with Crippen molar-refractivity contribution in [2.75, 3.05) is 32.8 Å². The first-order valence-electron chi connectivity index (χ1n) is 23.0. The summed E-state index contributed by atoms with van der Waals surface area (Å²) in [4.78, 5) is 27.8. The third-order valence-corrected chi connectivity index (χ3v) is 10.9. The summed E-state index contributed by atoms with van der Waals surface area (Å²) in [6, 6.07) is 0. The van der Waals surface area contributed by atoms with E-state index in [1.165, 1.54) is 116 Å². The van der Waals surface area contributed by atoms with Crippen LogP contribution < -0.4 is 0 Å². The molecule has 0 aromatic rings. The topological polar surface area (TPSA) is 76.1 Å². The van der Waals surface area contributed by atoms with Crippen LogP contribution in [0.25, 0.3) is 0 Å². The monoisotopic (exact) mass is 738 g/mol.